The number of nitrogens with one attached hydrogen (secondary N) is 2. The lowest BCUT2D eigenvalue weighted by molar-refractivity contribution is 0.0360. The molecule has 1 aliphatic rings. The number of ether oxygens (including phenoxy) is 2. The zero-order valence-corrected chi connectivity index (χ0v) is 18.2. The highest BCUT2D eigenvalue weighted by molar-refractivity contribution is 5.95. The number of rotatable bonds is 7. The molecular formula is C22H24N8O3. The van der Waals surface area contributed by atoms with Gasteiger partial charge < -0.3 is 19.8 Å². The van der Waals surface area contributed by atoms with Crippen molar-refractivity contribution in [2.45, 2.75) is 6.54 Å². The lowest BCUT2D eigenvalue weighted by Crippen LogP contribution is -2.38. The number of pyridine rings is 2. The number of aromatic nitrogens is 6. The van der Waals surface area contributed by atoms with Crippen LogP contribution in [0.2, 0.25) is 0 Å². The van der Waals surface area contributed by atoms with Crippen LogP contribution in [0.5, 0.6) is 6.01 Å². The number of H-pyrrole nitrogens is 1. The number of aromatic amines is 1. The standard InChI is InChI=1S/C22H24N8O3/c1-32-22-24-11-16(12-25-22)18-10-15-2-3-23-21(31)19(15)20(28-18)27-17-13-26-30(14-17)5-4-29-6-8-33-9-7-29/h2-3,10-14H,4-9H2,1H3,(H,23,31)(H,27,28). The van der Waals surface area contributed by atoms with Crippen LogP contribution in [0.25, 0.3) is 22.0 Å². The summed E-state index contributed by atoms with van der Waals surface area (Å²) in [6.45, 7) is 5.08. The van der Waals surface area contributed by atoms with E-state index in [0.29, 0.717) is 22.5 Å². The quantitative estimate of drug-likeness (QED) is 0.434. The molecule has 2 N–H and O–H groups in total. The van der Waals surface area contributed by atoms with Crippen molar-refractivity contribution in [3.8, 4) is 17.3 Å². The first-order chi connectivity index (χ1) is 16.2. The number of methoxy groups -OCH3 is 1. The topological polar surface area (TPSA) is 123 Å². The Hall–Kier alpha value is -3.83. The van der Waals surface area contributed by atoms with Crippen molar-refractivity contribution in [1.82, 2.24) is 34.6 Å². The molecule has 5 rings (SSSR count). The van der Waals surface area contributed by atoms with Crippen molar-refractivity contribution in [2.75, 3.05) is 45.3 Å². The first kappa shape index (κ1) is 21.0. The zero-order valence-electron chi connectivity index (χ0n) is 18.2. The molecule has 4 aromatic heterocycles. The van der Waals surface area contributed by atoms with Crippen LogP contribution < -0.4 is 15.6 Å². The second-order valence-electron chi connectivity index (χ2n) is 7.66. The Morgan fingerprint density at radius 3 is 2.79 bits per heavy atom. The van der Waals surface area contributed by atoms with Gasteiger partial charge >= 0.3 is 6.01 Å². The molecule has 0 saturated carbocycles. The highest BCUT2D eigenvalue weighted by Crippen LogP contribution is 2.27. The fourth-order valence-corrected chi connectivity index (χ4v) is 3.76. The summed E-state index contributed by atoms with van der Waals surface area (Å²) < 4.78 is 12.3. The van der Waals surface area contributed by atoms with Crippen LogP contribution >= 0.6 is 0 Å². The first-order valence-electron chi connectivity index (χ1n) is 10.7. The third-order valence-corrected chi connectivity index (χ3v) is 5.51. The van der Waals surface area contributed by atoms with Crippen molar-refractivity contribution in [3.63, 3.8) is 0 Å². The highest BCUT2D eigenvalue weighted by Gasteiger charge is 2.14. The molecule has 170 valence electrons. The van der Waals surface area contributed by atoms with E-state index < -0.39 is 0 Å². The molecule has 0 spiro atoms. The largest absolute Gasteiger partial charge is 0.467 e. The molecule has 0 radical (unpaired) electrons. The second kappa shape index (κ2) is 9.35. The highest BCUT2D eigenvalue weighted by atomic mass is 16.5. The van der Waals surface area contributed by atoms with Gasteiger partial charge in [0, 0.05) is 50.0 Å². The maximum atomic E-state index is 12.6. The number of nitrogens with zero attached hydrogens (tertiary/aromatic N) is 6. The SMILES string of the molecule is COc1ncc(-c2cc3cc[nH]c(=O)c3c(Nc3cnn(CCN4CCOCC4)c3)n2)cn1. The smallest absolute Gasteiger partial charge is 0.316 e. The van der Waals surface area contributed by atoms with Gasteiger partial charge in [0.25, 0.3) is 5.56 Å². The van der Waals surface area contributed by atoms with E-state index in [4.69, 9.17) is 14.5 Å². The normalized spacial score (nSPS) is 14.5. The molecule has 11 heteroatoms. The lowest BCUT2D eigenvalue weighted by Gasteiger charge is -2.26. The van der Waals surface area contributed by atoms with E-state index in [1.165, 1.54) is 7.11 Å². The Kier molecular flexibility index (Phi) is 5.96. The van der Waals surface area contributed by atoms with Crippen LogP contribution in [0.3, 0.4) is 0 Å². The summed E-state index contributed by atoms with van der Waals surface area (Å²) in [7, 11) is 1.51. The maximum Gasteiger partial charge on any atom is 0.316 e. The number of fused-ring (bicyclic) bond motifs is 1. The third kappa shape index (κ3) is 4.69. The molecule has 0 bridgehead atoms. The fourth-order valence-electron chi connectivity index (χ4n) is 3.76. The Morgan fingerprint density at radius 1 is 1.18 bits per heavy atom. The summed E-state index contributed by atoms with van der Waals surface area (Å²) >= 11 is 0. The second-order valence-corrected chi connectivity index (χ2v) is 7.66. The molecule has 11 nitrogen and oxygen atoms in total. The van der Waals surface area contributed by atoms with Crippen LogP contribution in [-0.2, 0) is 11.3 Å². The molecular weight excluding hydrogens is 424 g/mol. The Morgan fingerprint density at radius 2 is 2.00 bits per heavy atom. The van der Waals surface area contributed by atoms with Gasteiger partial charge in [-0.2, -0.15) is 5.10 Å². The molecule has 0 unspecified atom stereocenters. The summed E-state index contributed by atoms with van der Waals surface area (Å²) in [6, 6.07) is 3.95. The van der Waals surface area contributed by atoms with Gasteiger partial charge in [0.15, 0.2) is 0 Å². The molecule has 0 amide bonds. The van der Waals surface area contributed by atoms with E-state index in [1.54, 1.807) is 24.8 Å². The van der Waals surface area contributed by atoms with Crippen LogP contribution in [0.1, 0.15) is 0 Å². The summed E-state index contributed by atoms with van der Waals surface area (Å²) in [5, 5.41) is 8.93. The van der Waals surface area contributed by atoms with E-state index >= 15 is 0 Å². The predicted octanol–water partition coefficient (Wildman–Crippen LogP) is 1.66. The summed E-state index contributed by atoms with van der Waals surface area (Å²) in [5.74, 6) is 0.438. The molecule has 4 aromatic rings. The van der Waals surface area contributed by atoms with E-state index in [9.17, 15) is 4.79 Å². The number of anilines is 2. The third-order valence-electron chi connectivity index (χ3n) is 5.51. The van der Waals surface area contributed by atoms with E-state index in [2.05, 4.69) is 30.3 Å². The van der Waals surface area contributed by atoms with Crippen molar-refractivity contribution in [2.24, 2.45) is 0 Å². The van der Waals surface area contributed by atoms with Crippen LogP contribution in [0, 0.1) is 0 Å². The van der Waals surface area contributed by atoms with Gasteiger partial charge in [-0.05, 0) is 17.5 Å². The van der Waals surface area contributed by atoms with Crippen molar-refractivity contribution < 1.29 is 9.47 Å². The van der Waals surface area contributed by atoms with Crippen molar-refractivity contribution >= 4 is 22.3 Å². The molecule has 0 atom stereocenters. The van der Waals surface area contributed by atoms with Gasteiger partial charge in [0.2, 0.25) is 0 Å². The molecule has 33 heavy (non-hydrogen) atoms. The first-order valence-corrected chi connectivity index (χ1v) is 10.7. The Bertz CT molecular complexity index is 1300. The van der Waals surface area contributed by atoms with Crippen LogP contribution in [0.15, 0.2) is 47.9 Å². The Labute approximate surface area is 189 Å². The van der Waals surface area contributed by atoms with E-state index in [1.807, 2.05) is 23.0 Å². The summed E-state index contributed by atoms with van der Waals surface area (Å²) in [5.41, 5.74) is 1.87. The van der Waals surface area contributed by atoms with Crippen molar-refractivity contribution in [1.29, 1.82) is 0 Å². The zero-order chi connectivity index (χ0) is 22.6. The number of hydrogen-bond donors (Lipinski definition) is 2. The summed E-state index contributed by atoms with van der Waals surface area (Å²) in [4.78, 5) is 30.7. The minimum absolute atomic E-state index is 0.222. The maximum absolute atomic E-state index is 12.6. The van der Waals surface area contributed by atoms with E-state index in [0.717, 1.165) is 50.5 Å². The van der Waals surface area contributed by atoms with Gasteiger partial charge in [-0.3, -0.25) is 14.4 Å². The molecule has 1 saturated heterocycles. The van der Waals surface area contributed by atoms with Crippen LogP contribution in [-0.4, -0.2) is 74.6 Å². The number of hydrogen-bond acceptors (Lipinski definition) is 9. The summed E-state index contributed by atoms with van der Waals surface area (Å²) in [6.07, 6.45) is 8.54. The average molecular weight is 448 g/mol. The minimum atomic E-state index is -0.222. The van der Waals surface area contributed by atoms with Gasteiger partial charge in [-0.25, -0.2) is 15.0 Å². The van der Waals surface area contributed by atoms with E-state index in [-0.39, 0.29) is 11.6 Å². The predicted molar refractivity (Wildman–Crippen MR) is 123 cm³/mol. The van der Waals surface area contributed by atoms with Gasteiger partial charge in [-0.1, -0.05) is 0 Å². The number of morpholine rings is 1. The monoisotopic (exact) mass is 448 g/mol. The fraction of sp³-hybridized carbons (Fsp3) is 0.318. The van der Waals surface area contributed by atoms with Gasteiger partial charge in [0.05, 0.1) is 49.8 Å². The van der Waals surface area contributed by atoms with Crippen molar-refractivity contribution in [3.05, 3.63) is 53.5 Å². The molecule has 5 heterocycles. The molecule has 0 aliphatic carbocycles. The molecule has 1 fully saturated rings. The lowest BCUT2D eigenvalue weighted by atomic mass is 10.1. The van der Waals surface area contributed by atoms with Crippen LogP contribution in [0.4, 0.5) is 11.5 Å². The van der Waals surface area contributed by atoms with Gasteiger partial charge in [-0.15, -0.1) is 0 Å². The molecule has 0 aromatic carbocycles. The average Bonchev–Trinajstić information content (AvgIpc) is 3.30. The Balaban J connectivity index is 1.42. The molecule has 1 aliphatic heterocycles. The minimum Gasteiger partial charge on any atom is -0.467 e. The van der Waals surface area contributed by atoms with Gasteiger partial charge in [0.1, 0.15) is 5.82 Å².